The van der Waals surface area contributed by atoms with Crippen molar-refractivity contribution in [2.24, 2.45) is 0 Å². The molecule has 0 saturated carbocycles. The lowest BCUT2D eigenvalue weighted by Crippen LogP contribution is -2.22. The van der Waals surface area contributed by atoms with Crippen LogP contribution in [0.1, 0.15) is 19.4 Å². The van der Waals surface area contributed by atoms with E-state index < -0.39 is 17.5 Å². The molecular formula is C16H15ClF3N. The van der Waals surface area contributed by atoms with Crippen LogP contribution in [-0.4, -0.2) is 6.04 Å². The summed E-state index contributed by atoms with van der Waals surface area (Å²) in [6, 6.07) is 6.62. The molecule has 0 unspecified atom stereocenters. The Morgan fingerprint density at radius 1 is 1.00 bits per heavy atom. The fraction of sp³-hybridized carbons (Fsp3) is 0.250. The van der Waals surface area contributed by atoms with Crippen LogP contribution in [0.2, 0.25) is 5.02 Å². The zero-order valence-corrected chi connectivity index (χ0v) is 12.4. The summed E-state index contributed by atoms with van der Waals surface area (Å²) in [4.78, 5) is 0. The van der Waals surface area contributed by atoms with Crippen LogP contribution >= 0.6 is 11.6 Å². The number of benzene rings is 2. The lowest BCUT2D eigenvalue weighted by Gasteiger charge is -2.11. The maximum atomic E-state index is 14.0. The van der Waals surface area contributed by atoms with Gasteiger partial charge in [0, 0.05) is 23.7 Å². The maximum absolute atomic E-state index is 14.0. The first kappa shape index (κ1) is 15.9. The first-order valence-corrected chi connectivity index (χ1v) is 6.93. The van der Waals surface area contributed by atoms with Gasteiger partial charge in [-0.2, -0.15) is 0 Å². The van der Waals surface area contributed by atoms with E-state index in [1.807, 2.05) is 13.8 Å². The van der Waals surface area contributed by atoms with E-state index >= 15 is 0 Å². The molecule has 1 nitrogen and oxygen atoms in total. The first-order valence-electron chi connectivity index (χ1n) is 6.55. The highest BCUT2D eigenvalue weighted by Crippen LogP contribution is 2.31. The van der Waals surface area contributed by atoms with Crippen LogP contribution in [0, 0.1) is 17.5 Å². The molecule has 2 rings (SSSR count). The third kappa shape index (κ3) is 3.77. The van der Waals surface area contributed by atoms with Crippen LogP contribution in [0.25, 0.3) is 11.1 Å². The average Bonchev–Trinajstić information content (AvgIpc) is 2.41. The second-order valence-electron chi connectivity index (χ2n) is 5.09. The van der Waals surface area contributed by atoms with Gasteiger partial charge in [0.25, 0.3) is 0 Å². The second kappa shape index (κ2) is 6.50. The van der Waals surface area contributed by atoms with Gasteiger partial charge in [-0.3, -0.25) is 0 Å². The summed E-state index contributed by atoms with van der Waals surface area (Å²) in [6.45, 7) is 4.33. The Hall–Kier alpha value is -1.52. The lowest BCUT2D eigenvalue weighted by atomic mass is 10.0. The number of hydrogen-bond donors (Lipinski definition) is 1. The van der Waals surface area contributed by atoms with E-state index in [4.69, 9.17) is 11.6 Å². The minimum atomic E-state index is -1.03. The fourth-order valence-corrected chi connectivity index (χ4v) is 2.18. The molecule has 0 aliphatic heterocycles. The van der Waals surface area contributed by atoms with Gasteiger partial charge in [0.1, 0.15) is 5.82 Å². The van der Waals surface area contributed by atoms with E-state index in [2.05, 4.69) is 5.32 Å². The molecule has 0 bridgehead atoms. The van der Waals surface area contributed by atoms with Crippen LogP contribution in [0.4, 0.5) is 13.2 Å². The van der Waals surface area contributed by atoms with Gasteiger partial charge < -0.3 is 5.32 Å². The van der Waals surface area contributed by atoms with Crippen molar-refractivity contribution in [1.82, 2.24) is 5.32 Å². The van der Waals surface area contributed by atoms with Gasteiger partial charge in [0.2, 0.25) is 0 Å². The summed E-state index contributed by atoms with van der Waals surface area (Å²) >= 11 is 5.89. The minimum Gasteiger partial charge on any atom is -0.310 e. The molecule has 0 heterocycles. The quantitative estimate of drug-likeness (QED) is 0.790. The van der Waals surface area contributed by atoms with Gasteiger partial charge in [0.15, 0.2) is 11.6 Å². The molecule has 5 heteroatoms. The normalized spacial score (nSPS) is 11.2. The largest absolute Gasteiger partial charge is 0.310 e. The number of hydrogen-bond acceptors (Lipinski definition) is 1. The zero-order valence-electron chi connectivity index (χ0n) is 11.7. The topological polar surface area (TPSA) is 12.0 Å². The van der Waals surface area contributed by atoms with Crippen LogP contribution in [-0.2, 0) is 6.54 Å². The van der Waals surface area contributed by atoms with Crippen LogP contribution in [0.15, 0.2) is 30.3 Å². The van der Waals surface area contributed by atoms with Crippen molar-refractivity contribution in [3.63, 3.8) is 0 Å². The Morgan fingerprint density at radius 2 is 1.67 bits per heavy atom. The van der Waals surface area contributed by atoms with Crippen molar-refractivity contribution in [2.45, 2.75) is 26.4 Å². The van der Waals surface area contributed by atoms with Gasteiger partial charge in [-0.15, -0.1) is 0 Å². The van der Waals surface area contributed by atoms with Crippen LogP contribution in [0.5, 0.6) is 0 Å². The van der Waals surface area contributed by atoms with E-state index in [1.54, 1.807) is 12.1 Å². The van der Waals surface area contributed by atoms with Gasteiger partial charge in [-0.1, -0.05) is 37.6 Å². The molecule has 0 aliphatic rings. The predicted octanol–water partition coefficient (Wildman–Crippen LogP) is 4.92. The summed E-state index contributed by atoms with van der Waals surface area (Å²) in [6.07, 6.45) is 0. The molecule has 0 saturated heterocycles. The highest BCUT2D eigenvalue weighted by atomic mass is 35.5. The molecule has 2 aromatic carbocycles. The van der Waals surface area contributed by atoms with Crippen LogP contribution in [0.3, 0.4) is 0 Å². The summed E-state index contributed by atoms with van der Waals surface area (Å²) in [5, 5.41) is 3.16. The third-order valence-corrected chi connectivity index (χ3v) is 3.39. The summed E-state index contributed by atoms with van der Waals surface area (Å²) in [5.41, 5.74) is 1.17. The molecule has 0 amide bonds. The number of nitrogens with one attached hydrogen (secondary N) is 1. The molecule has 0 atom stereocenters. The summed E-state index contributed by atoms with van der Waals surface area (Å²) in [7, 11) is 0. The molecule has 2 aromatic rings. The second-order valence-corrected chi connectivity index (χ2v) is 5.50. The zero-order chi connectivity index (χ0) is 15.6. The molecule has 0 aromatic heterocycles. The van der Waals surface area contributed by atoms with E-state index in [-0.39, 0.29) is 16.6 Å². The standard InChI is InChI=1S/C16H15ClF3N/c1-9(2)21-8-11-4-3-10(5-14(11)18)12-6-15(19)16(20)7-13(12)17/h3-7,9,21H,8H2,1-2H3. The molecule has 0 radical (unpaired) electrons. The highest BCUT2D eigenvalue weighted by molar-refractivity contribution is 6.33. The van der Waals surface area contributed by atoms with Gasteiger partial charge in [-0.25, -0.2) is 13.2 Å². The lowest BCUT2D eigenvalue weighted by molar-refractivity contribution is 0.509. The Bertz CT molecular complexity index is 656. The van der Waals surface area contributed by atoms with Crippen LogP contribution < -0.4 is 5.32 Å². The Labute approximate surface area is 126 Å². The van der Waals surface area contributed by atoms with Gasteiger partial charge in [-0.05, 0) is 23.8 Å². The van der Waals surface area contributed by atoms with E-state index in [9.17, 15) is 13.2 Å². The van der Waals surface area contributed by atoms with Crippen molar-refractivity contribution >= 4 is 11.6 Å². The van der Waals surface area contributed by atoms with E-state index in [1.165, 1.54) is 6.07 Å². The molecule has 21 heavy (non-hydrogen) atoms. The maximum Gasteiger partial charge on any atom is 0.160 e. The van der Waals surface area contributed by atoms with Crippen molar-refractivity contribution < 1.29 is 13.2 Å². The molecule has 0 spiro atoms. The van der Waals surface area contributed by atoms with Crippen molar-refractivity contribution in [1.29, 1.82) is 0 Å². The van der Waals surface area contributed by atoms with Crippen molar-refractivity contribution in [3.8, 4) is 11.1 Å². The molecule has 1 N–H and O–H groups in total. The fourth-order valence-electron chi connectivity index (χ4n) is 1.92. The van der Waals surface area contributed by atoms with Gasteiger partial charge >= 0.3 is 0 Å². The van der Waals surface area contributed by atoms with Crippen molar-refractivity contribution in [3.05, 3.63) is 58.4 Å². The first-order chi connectivity index (χ1) is 9.88. The summed E-state index contributed by atoms with van der Waals surface area (Å²) < 4.78 is 40.4. The Morgan fingerprint density at radius 3 is 2.29 bits per heavy atom. The Balaban J connectivity index is 2.34. The number of rotatable bonds is 4. The molecular weight excluding hydrogens is 299 g/mol. The third-order valence-electron chi connectivity index (χ3n) is 3.07. The molecule has 0 aliphatic carbocycles. The monoisotopic (exact) mass is 313 g/mol. The molecule has 112 valence electrons. The van der Waals surface area contributed by atoms with Crippen molar-refractivity contribution in [2.75, 3.05) is 0 Å². The SMILES string of the molecule is CC(C)NCc1ccc(-c2cc(F)c(F)cc2Cl)cc1F. The number of halogens is 4. The van der Waals surface area contributed by atoms with E-state index in [0.29, 0.717) is 17.7 Å². The summed E-state index contributed by atoms with van der Waals surface area (Å²) in [5.74, 6) is -2.45. The Kier molecular flexibility index (Phi) is 4.91. The van der Waals surface area contributed by atoms with Gasteiger partial charge in [0.05, 0.1) is 5.02 Å². The van der Waals surface area contributed by atoms with E-state index in [0.717, 1.165) is 12.1 Å². The highest BCUT2D eigenvalue weighted by Gasteiger charge is 2.12. The smallest absolute Gasteiger partial charge is 0.160 e. The predicted molar refractivity (Wildman–Crippen MR) is 78.7 cm³/mol. The minimum absolute atomic E-state index is 0.0429. The molecule has 0 fully saturated rings. The average molecular weight is 314 g/mol.